The normalized spacial score (nSPS) is 19.6. The number of hydrogen-bond acceptors (Lipinski definition) is 6. The van der Waals surface area contributed by atoms with Crippen molar-refractivity contribution in [2.24, 2.45) is 0 Å². The number of nitrogens with zero attached hydrogens (tertiary/aromatic N) is 3. The van der Waals surface area contributed by atoms with E-state index in [0.29, 0.717) is 25.9 Å². The highest BCUT2D eigenvalue weighted by atomic mass is 19.1. The van der Waals surface area contributed by atoms with Gasteiger partial charge in [0, 0.05) is 39.0 Å². The van der Waals surface area contributed by atoms with Crippen molar-refractivity contribution in [3.05, 3.63) is 59.8 Å². The van der Waals surface area contributed by atoms with Gasteiger partial charge >= 0.3 is 0 Å². The van der Waals surface area contributed by atoms with Crippen LogP contribution in [-0.4, -0.2) is 91.1 Å². The second-order valence-corrected chi connectivity index (χ2v) is 8.79. The third-order valence-corrected chi connectivity index (χ3v) is 6.31. The van der Waals surface area contributed by atoms with Gasteiger partial charge < -0.3 is 24.3 Å². The fraction of sp³-hybridized carbons (Fsp3) is 0.458. The lowest BCUT2D eigenvalue weighted by atomic mass is 9.96. The van der Waals surface area contributed by atoms with Crippen LogP contribution in [0.4, 0.5) is 4.39 Å². The molecule has 2 saturated heterocycles. The molecule has 0 aliphatic carbocycles. The van der Waals surface area contributed by atoms with Crippen LogP contribution in [0.5, 0.6) is 0 Å². The summed E-state index contributed by atoms with van der Waals surface area (Å²) in [4.78, 5) is 44.2. The summed E-state index contributed by atoms with van der Waals surface area (Å²) in [6.07, 6.45) is 1.99. The number of carbonyl (C=O) groups excluding carboxylic acids is 3. The third kappa shape index (κ3) is 4.69. The van der Waals surface area contributed by atoms with E-state index in [2.05, 4.69) is 5.32 Å². The molecule has 1 aromatic carbocycles. The summed E-state index contributed by atoms with van der Waals surface area (Å²) in [6.45, 7) is 1.64. The molecule has 34 heavy (non-hydrogen) atoms. The van der Waals surface area contributed by atoms with Crippen LogP contribution in [0.15, 0.2) is 47.1 Å². The molecule has 3 heterocycles. The minimum absolute atomic E-state index is 0.00690. The van der Waals surface area contributed by atoms with Gasteiger partial charge in [0.2, 0.25) is 5.91 Å². The summed E-state index contributed by atoms with van der Waals surface area (Å²) in [5.74, 6) is -1.62. The third-order valence-electron chi connectivity index (χ3n) is 6.31. The Bertz CT molecular complexity index is 1030. The standard InChI is InChI=1S/C24H29FN4O5/c1-27(2)14-11-26-21(30)19-16-34-24(29(19)23(32)20-8-5-15-33-20)9-12-28(13-10-24)22(31)17-6-3-4-7-18(17)25/h3-8,15,19H,9-14,16H2,1-2H3,(H,26,30)/t19-/m1/s1. The van der Waals surface area contributed by atoms with Crippen LogP contribution in [0.3, 0.4) is 0 Å². The Kier molecular flexibility index (Phi) is 6.99. The molecule has 2 aliphatic rings. The second-order valence-electron chi connectivity index (χ2n) is 8.79. The molecule has 0 unspecified atom stereocenters. The largest absolute Gasteiger partial charge is 0.459 e. The molecule has 1 spiro atoms. The molecule has 0 saturated carbocycles. The van der Waals surface area contributed by atoms with Crippen molar-refractivity contribution in [1.82, 2.24) is 20.0 Å². The Morgan fingerprint density at radius 3 is 2.50 bits per heavy atom. The topological polar surface area (TPSA) is 95.3 Å². The molecule has 1 N–H and O–H groups in total. The van der Waals surface area contributed by atoms with Gasteiger partial charge in [-0.1, -0.05) is 12.1 Å². The average Bonchev–Trinajstić information content (AvgIpc) is 3.48. The first-order chi connectivity index (χ1) is 16.3. The molecule has 0 bridgehead atoms. The lowest BCUT2D eigenvalue weighted by Gasteiger charge is -2.44. The molecule has 9 nitrogen and oxygen atoms in total. The van der Waals surface area contributed by atoms with Crippen LogP contribution in [-0.2, 0) is 9.53 Å². The quantitative estimate of drug-likeness (QED) is 0.686. The fourth-order valence-corrected chi connectivity index (χ4v) is 4.47. The number of furan rings is 1. The maximum Gasteiger partial charge on any atom is 0.292 e. The Morgan fingerprint density at radius 2 is 1.85 bits per heavy atom. The summed E-state index contributed by atoms with van der Waals surface area (Å²) in [7, 11) is 3.81. The summed E-state index contributed by atoms with van der Waals surface area (Å²) in [5.41, 5.74) is -1.05. The first kappa shape index (κ1) is 23.9. The van der Waals surface area contributed by atoms with Crippen molar-refractivity contribution in [1.29, 1.82) is 0 Å². The molecule has 2 aliphatic heterocycles. The van der Waals surface area contributed by atoms with Gasteiger partial charge in [-0.25, -0.2) is 4.39 Å². The van der Waals surface area contributed by atoms with E-state index in [0.717, 1.165) is 0 Å². The van der Waals surface area contributed by atoms with Gasteiger partial charge in [0.05, 0.1) is 18.4 Å². The number of likely N-dealkylation sites (N-methyl/N-ethyl adjacent to an activating group) is 1. The first-order valence-electron chi connectivity index (χ1n) is 11.3. The van der Waals surface area contributed by atoms with Crippen LogP contribution < -0.4 is 5.32 Å². The summed E-state index contributed by atoms with van der Waals surface area (Å²) in [5, 5.41) is 2.87. The van der Waals surface area contributed by atoms with Gasteiger partial charge in [-0.3, -0.25) is 19.3 Å². The Hall–Kier alpha value is -3.24. The maximum atomic E-state index is 14.1. The van der Waals surface area contributed by atoms with Crippen LogP contribution >= 0.6 is 0 Å². The fourth-order valence-electron chi connectivity index (χ4n) is 4.47. The van der Waals surface area contributed by atoms with Crippen molar-refractivity contribution < 1.29 is 27.9 Å². The maximum absolute atomic E-state index is 14.1. The molecule has 2 fully saturated rings. The van der Waals surface area contributed by atoms with E-state index in [1.54, 1.807) is 23.1 Å². The number of ether oxygens (including phenoxy) is 1. The van der Waals surface area contributed by atoms with Crippen LogP contribution in [0, 0.1) is 5.82 Å². The van der Waals surface area contributed by atoms with Gasteiger partial charge in [-0.2, -0.15) is 0 Å². The van der Waals surface area contributed by atoms with Gasteiger partial charge in [0.1, 0.15) is 17.6 Å². The number of nitrogens with one attached hydrogen (secondary N) is 1. The number of piperidine rings is 1. The Labute approximate surface area is 197 Å². The van der Waals surface area contributed by atoms with Crippen molar-refractivity contribution in [2.75, 3.05) is 46.9 Å². The zero-order valence-electron chi connectivity index (χ0n) is 19.3. The number of carbonyl (C=O) groups is 3. The Morgan fingerprint density at radius 1 is 1.12 bits per heavy atom. The predicted molar refractivity (Wildman–Crippen MR) is 120 cm³/mol. The number of halogens is 1. The van der Waals surface area contributed by atoms with Crippen molar-refractivity contribution in [3.63, 3.8) is 0 Å². The van der Waals surface area contributed by atoms with Crippen molar-refractivity contribution in [2.45, 2.75) is 24.6 Å². The minimum atomic E-state index is -1.06. The second kappa shape index (κ2) is 9.94. The number of rotatable bonds is 6. The van der Waals surface area contributed by atoms with Crippen molar-refractivity contribution >= 4 is 17.7 Å². The molecular weight excluding hydrogens is 443 g/mol. The smallest absolute Gasteiger partial charge is 0.292 e. The molecule has 10 heteroatoms. The molecule has 1 atom stereocenters. The zero-order valence-corrected chi connectivity index (χ0v) is 19.3. The summed E-state index contributed by atoms with van der Waals surface area (Å²) < 4.78 is 25.6. The van der Waals surface area contributed by atoms with E-state index >= 15 is 0 Å². The lowest BCUT2D eigenvalue weighted by molar-refractivity contribution is -0.128. The molecule has 2 aromatic rings. The Balaban J connectivity index is 1.52. The molecule has 3 amide bonds. The van der Waals surface area contributed by atoms with E-state index < -0.39 is 29.4 Å². The summed E-state index contributed by atoms with van der Waals surface area (Å²) >= 11 is 0. The van der Waals surface area contributed by atoms with E-state index in [1.165, 1.54) is 29.4 Å². The average molecular weight is 473 g/mol. The van der Waals surface area contributed by atoms with Crippen LogP contribution in [0.25, 0.3) is 0 Å². The van der Waals surface area contributed by atoms with Gasteiger partial charge in [-0.15, -0.1) is 0 Å². The highest BCUT2D eigenvalue weighted by Gasteiger charge is 2.54. The highest BCUT2D eigenvalue weighted by Crippen LogP contribution is 2.39. The summed E-state index contributed by atoms with van der Waals surface area (Å²) in [6, 6.07) is 8.19. The van der Waals surface area contributed by atoms with Gasteiger partial charge in [0.15, 0.2) is 5.76 Å². The molecule has 1 aromatic heterocycles. The molecule has 4 rings (SSSR count). The van der Waals surface area contributed by atoms with Crippen LogP contribution in [0.2, 0.25) is 0 Å². The number of likely N-dealkylation sites (tertiary alicyclic amines) is 1. The zero-order chi connectivity index (χ0) is 24.3. The molecular formula is C24H29FN4O5. The number of benzene rings is 1. The van der Waals surface area contributed by atoms with Gasteiger partial charge in [-0.05, 0) is 38.4 Å². The van der Waals surface area contributed by atoms with Gasteiger partial charge in [0.25, 0.3) is 11.8 Å². The van der Waals surface area contributed by atoms with Crippen LogP contribution in [0.1, 0.15) is 33.8 Å². The monoisotopic (exact) mass is 472 g/mol. The van der Waals surface area contributed by atoms with E-state index in [4.69, 9.17) is 9.15 Å². The highest BCUT2D eigenvalue weighted by molar-refractivity contribution is 5.97. The lowest BCUT2D eigenvalue weighted by Crippen LogP contribution is -2.60. The number of amides is 3. The first-order valence-corrected chi connectivity index (χ1v) is 11.3. The molecule has 182 valence electrons. The van der Waals surface area contributed by atoms with E-state index in [9.17, 15) is 18.8 Å². The van der Waals surface area contributed by atoms with E-state index in [1.807, 2.05) is 19.0 Å². The van der Waals surface area contributed by atoms with E-state index in [-0.39, 0.29) is 36.9 Å². The minimum Gasteiger partial charge on any atom is -0.459 e. The predicted octanol–water partition coefficient (Wildman–Crippen LogP) is 1.57. The molecule has 0 radical (unpaired) electrons. The number of hydrogen-bond donors (Lipinski definition) is 1. The SMILES string of the molecule is CN(C)CCNC(=O)[C@H]1COC2(CCN(C(=O)c3ccccc3F)CC2)N1C(=O)c1ccco1. The van der Waals surface area contributed by atoms with Crippen molar-refractivity contribution in [3.8, 4) is 0 Å².